The molecular weight excluding hydrogens is 333 g/mol. The van der Waals surface area contributed by atoms with E-state index in [1.54, 1.807) is 12.4 Å². The molecule has 0 bridgehead atoms. The number of hydrogen-bond donors (Lipinski definition) is 1. The predicted octanol–water partition coefficient (Wildman–Crippen LogP) is 3.26. The van der Waals surface area contributed by atoms with Gasteiger partial charge >= 0.3 is 6.03 Å². The molecule has 2 heterocycles. The molecule has 0 spiro atoms. The van der Waals surface area contributed by atoms with E-state index in [1.165, 1.54) is 25.0 Å². The predicted molar refractivity (Wildman–Crippen MR) is 94.7 cm³/mol. The number of benzene rings is 1. The van der Waals surface area contributed by atoms with Gasteiger partial charge in [0.1, 0.15) is 12.1 Å². The van der Waals surface area contributed by atoms with Crippen molar-refractivity contribution in [3.8, 4) is 0 Å². The van der Waals surface area contributed by atoms with E-state index < -0.39 is 0 Å². The number of nitrogens with one attached hydrogen (secondary N) is 1. The van der Waals surface area contributed by atoms with E-state index in [2.05, 4.69) is 20.1 Å². The van der Waals surface area contributed by atoms with Crippen molar-refractivity contribution in [3.63, 3.8) is 0 Å². The average Bonchev–Trinajstić information content (AvgIpc) is 3.35. The fourth-order valence-electron chi connectivity index (χ4n) is 3.61. The van der Waals surface area contributed by atoms with Crippen molar-refractivity contribution >= 4 is 6.03 Å². The number of hydrogen-bond acceptors (Lipinski definition) is 3. The lowest BCUT2D eigenvalue weighted by molar-refractivity contribution is 0.145. The summed E-state index contributed by atoms with van der Waals surface area (Å²) in [6.45, 7) is 1.96. The van der Waals surface area contributed by atoms with Gasteiger partial charge in [-0.2, -0.15) is 0 Å². The highest BCUT2D eigenvalue weighted by Crippen LogP contribution is 2.34. The van der Waals surface area contributed by atoms with Crippen LogP contribution in [0.25, 0.3) is 0 Å². The van der Waals surface area contributed by atoms with E-state index in [4.69, 9.17) is 0 Å². The zero-order chi connectivity index (χ0) is 17.9. The molecule has 0 radical (unpaired) electrons. The summed E-state index contributed by atoms with van der Waals surface area (Å²) in [5.41, 5.74) is 0.754. The van der Waals surface area contributed by atoms with Crippen LogP contribution in [0.2, 0.25) is 0 Å². The minimum absolute atomic E-state index is 0.0440. The molecule has 6 nitrogen and oxygen atoms in total. The number of likely N-dealkylation sites (tertiary alicyclic amines) is 1. The molecule has 2 amide bonds. The number of urea groups is 1. The Balaban J connectivity index is 1.44. The molecule has 2 aliphatic rings. The van der Waals surface area contributed by atoms with E-state index in [1.807, 2.05) is 11.0 Å². The fraction of sp³-hybridized carbons (Fsp3) is 0.526. The van der Waals surface area contributed by atoms with Gasteiger partial charge < -0.3 is 14.8 Å². The Morgan fingerprint density at radius 2 is 2.15 bits per heavy atom. The van der Waals surface area contributed by atoms with E-state index >= 15 is 0 Å². The van der Waals surface area contributed by atoms with Crippen molar-refractivity contribution in [1.29, 1.82) is 0 Å². The molecule has 26 heavy (non-hydrogen) atoms. The topological polar surface area (TPSA) is 63.1 Å². The van der Waals surface area contributed by atoms with Crippen LogP contribution in [0.15, 0.2) is 30.6 Å². The summed E-state index contributed by atoms with van der Waals surface area (Å²) in [7, 11) is 0. The number of halogens is 1. The number of aromatic nitrogens is 3. The second-order valence-electron chi connectivity index (χ2n) is 7.28. The first-order valence-electron chi connectivity index (χ1n) is 9.37. The van der Waals surface area contributed by atoms with Crippen LogP contribution in [0.4, 0.5) is 9.18 Å². The van der Waals surface area contributed by atoms with Gasteiger partial charge in [0.05, 0.1) is 6.04 Å². The number of carbonyl (C=O) groups excluding carboxylic acids is 1. The first-order chi connectivity index (χ1) is 12.7. The summed E-state index contributed by atoms with van der Waals surface area (Å²) in [6.07, 6.45) is 7.28. The van der Waals surface area contributed by atoms with Crippen LogP contribution in [0.5, 0.6) is 0 Å². The number of carbonyl (C=O) groups is 1. The molecule has 0 unspecified atom stereocenters. The van der Waals surface area contributed by atoms with Crippen LogP contribution in [-0.4, -0.2) is 32.2 Å². The van der Waals surface area contributed by atoms with Crippen LogP contribution in [-0.2, 0) is 13.1 Å². The Morgan fingerprint density at radius 1 is 1.27 bits per heavy atom. The monoisotopic (exact) mass is 357 g/mol. The Kier molecular flexibility index (Phi) is 4.86. The lowest BCUT2D eigenvalue weighted by Crippen LogP contribution is -2.45. The van der Waals surface area contributed by atoms with Crippen molar-refractivity contribution in [3.05, 3.63) is 47.8 Å². The molecule has 1 atom stereocenters. The van der Waals surface area contributed by atoms with Crippen LogP contribution < -0.4 is 5.32 Å². The number of rotatable bonds is 5. The first kappa shape index (κ1) is 17.0. The third-order valence-electron chi connectivity index (χ3n) is 5.19. The molecule has 1 saturated heterocycles. The van der Waals surface area contributed by atoms with E-state index in [0.717, 1.165) is 43.1 Å². The lowest BCUT2D eigenvalue weighted by atomic mass is 10.0. The molecule has 1 aliphatic carbocycles. The fourth-order valence-corrected chi connectivity index (χ4v) is 3.61. The smallest absolute Gasteiger partial charge is 0.318 e. The molecule has 4 rings (SSSR count). The maximum absolute atomic E-state index is 13.3. The molecule has 1 saturated carbocycles. The van der Waals surface area contributed by atoms with Crippen molar-refractivity contribution in [2.75, 3.05) is 6.54 Å². The minimum Gasteiger partial charge on any atom is -0.334 e. The second-order valence-corrected chi connectivity index (χ2v) is 7.28. The molecule has 7 heteroatoms. The largest absolute Gasteiger partial charge is 0.334 e. The van der Waals surface area contributed by atoms with Crippen LogP contribution in [0, 0.1) is 11.7 Å². The highest BCUT2D eigenvalue weighted by atomic mass is 19.1. The summed E-state index contributed by atoms with van der Waals surface area (Å²) >= 11 is 0. The van der Waals surface area contributed by atoms with Crippen molar-refractivity contribution in [2.45, 2.75) is 51.2 Å². The third-order valence-corrected chi connectivity index (χ3v) is 5.19. The first-order valence-corrected chi connectivity index (χ1v) is 9.37. The van der Waals surface area contributed by atoms with Crippen molar-refractivity contribution < 1.29 is 9.18 Å². The zero-order valence-electron chi connectivity index (χ0n) is 14.8. The van der Waals surface area contributed by atoms with Gasteiger partial charge in [-0.25, -0.2) is 9.18 Å². The van der Waals surface area contributed by atoms with Crippen LogP contribution in [0.1, 0.15) is 49.5 Å². The van der Waals surface area contributed by atoms with Gasteiger partial charge in [-0.1, -0.05) is 12.1 Å². The highest BCUT2D eigenvalue weighted by Gasteiger charge is 2.32. The number of amides is 2. The summed E-state index contributed by atoms with van der Waals surface area (Å²) in [5.74, 6) is 1.32. The zero-order valence-corrected chi connectivity index (χ0v) is 14.8. The molecule has 1 N–H and O–H groups in total. The Labute approximate surface area is 152 Å². The van der Waals surface area contributed by atoms with E-state index in [0.29, 0.717) is 13.1 Å². The van der Waals surface area contributed by atoms with Crippen molar-refractivity contribution in [1.82, 2.24) is 25.0 Å². The van der Waals surface area contributed by atoms with Gasteiger partial charge in [-0.15, -0.1) is 10.2 Å². The van der Waals surface area contributed by atoms with E-state index in [9.17, 15) is 9.18 Å². The quantitative estimate of drug-likeness (QED) is 0.893. The van der Waals surface area contributed by atoms with Gasteiger partial charge in [0.15, 0.2) is 5.82 Å². The molecule has 1 aromatic carbocycles. The second kappa shape index (κ2) is 7.43. The Morgan fingerprint density at radius 3 is 2.96 bits per heavy atom. The van der Waals surface area contributed by atoms with Gasteiger partial charge in [0, 0.05) is 19.6 Å². The number of piperidine rings is 1. The average molecular weight is 357 g/mol. The maximum Gasteiger partial charge on any atom is 0.318 e. The maximum atomic E-state index is 13.3. The summed E-state index contributed by atoms with van der Waals surface area (Å²) in [5, 5.41) is 11.3. The summed E-state index contributed by atoms with van der Waals surface area (Å²) in [4.78, 5) is 14.6. The Bertz CT molecular complexity index is 773. The van der Waals surface area contributed by atoms with Gasteiger partial charge in [0.25, 0.3) is 0 Å². The van der Waals surface area contributed by atoms with Crippen LogP contribution in [0.3, 0.4) is 0 Å². The molecular formula is C19H24FN5O. The Hall–Kier alpha value is -2.44. The van der Waals surface area contributed by atoms with Gasteiger partial charge in [-0.05, 0) is 55.7 Å². The highest BCUT2D eigenvalue weighted by molar-refractivity contribution is 5.74. The van der Waals surface area contributed by atoms with Crippen LogP contribution >= 0.6 is 0 Å². The van der Waals surface area contributed by atoms with E-state index in [-0.39, 0.29) is 17.9 Å². The molecule has 138 valence electrons. The summed E-state index contributed by atoms with van der Waals surface area (Å²) in [6, 6.07) is 6.14. The van der Waals surface area contributed by atoms with Crippen molar-refractivity contribution in [2.24, 2.45) is 5.92 Å². The van der Waals surface area contributed by atoms with Gasteiger partial charge in [0.2, 0.25) is 0 Å². The SMILES string of the molecule is O=C(NCc1cccc(F)c1)N1CCCC[C@@H]1c1nncn1CC1CC1. The molecule has 1 aromatic heterocycles. The summed E-state index contributed by atoms with van der Waals surface area (Å²) < 4.78 is 15.4. The molecule has 2 fully saturated rings. The standard InChI is InChI=1S/C19H24FN5O/c20-16-5-3-4-15(10-16)11-21-19(26)25-9-2-1-6-17(25)18-23-22-13-24(18)12-14-7-8-14/h3-5,10,13-14,17H,1-2,6-9,11-12H2,(H,21,26)/t17-/m1/s1. The molecule has 2 aromatic rings. The number of nitrogens with zero attached hydrogens (tertiary/aromatic N) is 4. The van der Waals surface area contributed by atoms with Gasteiger partial charge in [-0.3, -0.25) is 0 Å². The lowest BCUT2D eigenvalue weighted by Gasteiger charge is -2.35. The third kappa shape index (κ3) is 3.86. The molecule has 1 aliphatic heterocycles. The normalized spacial score (nSPS) is 20.2. The minimum atomic E-state index is -0.291.